The molecule has 0 heterocycles. The van der Waals surface area contributed by atoms with Crippen LogP contribution in [0.3, 0.4) is 0 Å². The lowest BCUT2D eigenvalue weighted by molar-refractivity contribution is -0.122. The summed E-state index contributed by atoms with van der Waals surface area (Å²) in [6.45, 7) is 5.72. The van der Waals surface area contributed by atoms with Crippen LogP contribution in [0.1, 0.15) is 24.5 Å². The summed E-state index contributed by atoms with van der Waals surface area (Å²) in [7, 11) is -3.73. The molecule has 162 valence electrons. The third kappa shape index (κ3) is 5.86. The highest BCUT2D eigenvalue weighted by Crippen LogP contribution is 2.21. The van der Waals surface area contributed by atoms with Gasteiger partial charge in [0.2, 0.25) is 0 Å². The van der Waals surface area contributed by atoms with E-state index in [1.54, 1.807) is 24.3 Å². The highest BCUT2D eigenvalue weighted by atomic mass is 32.2. The van der Waals surface area contributed by atoms with Crippen LogP contribution in [0.25, 0.3) is 0 Å². The molecule has 31 heavy (non-hydrogen) atoms. The van der Waals surface area contributed by atoms with Gasteiger partial charge in [0.1, 0.15) is 5.75 Å². The van der Waals surface area contributed by atoms with E-state index < -0.39 is 16.1 Å². The number of rotatable bonds is 8. The van der Waals surface area contributed by atoms with Crippen LogP contribution in [0.5, 0.6) is 5.75 Å². The maximum absolute atomic E-state index is 12.6. The van der Waals surface area contributed by atoms with Crippen molar-refractivity contribution in [2.24, 2.45) is 0 Å². The molecule has 0 saturated heterocycles. The van der Waals surface area contributed by atoms with Crippen LogP contribution in [0.2, 0.25) is 0 Å². The largest absolute Gasteiger partial charge is 0.480 e. The molecule has 0 saturated carbocycles. The molecular formula is C24H26N2O4S. The van der Waals surface area contributed by atoms with Gasteiger partial charge in [-0.15, -0.1) is 0 Å². The molecule has 3 aromatic rings. The number of ether oxygens (including phenoxy) is 1. The number of carbonyl (C=O) groups is 1. The number of hydrogen-bond donors (Lipinski definition) is 2. The lowest BCUT2D eigenvalue weighted by Crippen LogP contribution is -2.32. The highest BCUT2D eigenvalue weighted by Gasteiger charge is 2.20. The van der Waals surface area contributed by atoms with E-state index in [0.717, 1.165) is 11.1 Å². The van der Waals surface area contributed by atoms with Gasteiger partial charge >= 0.3 is 0 Å². The summed E-state index contributed by atoms with van der Waals surface area (Å²) >= 11 is 0. The monoisotopic (exact) mass is 438 g/mol. The summed E-state index contributed by atoms with van der Waals surface area (Å²) < 4.78 is 33.6. The summed E-state index contributed by atoms with van der Waals surface area (Å²) in [5.74, 6) is 0.368. The number of carbonyl (C=O) groups excluding carboxylic acids is 1. The predicted octanol–water partition coefficient (Wildman–Crippen LogP) is 4.90. The van der Waals surface area contributed by atoms with Gasteiger partial charge in [-0.2, -0.15) is 0 Å². The maximum atomic E-state index is 12.6. The van der Waals surface area contributed by atoms with Crippen molar-refractivity contribution in [3.8, 4) is 5.75 Å². The van der Waals surface area contributed by atoms with Gasteiger partial charge in [0, 0.05) is 11.4 Å². The second-order valence-electron chi connectivity index (χ2n) is 7.27. The number of para-hydroxylation sites is 1. The first kappa shape index (κ1) is 22.4. The Kier molecular flexibility index (Phi) is 6.97. The quantitative estimate of drug-likeness (QED) is 0.524. The molecule has 3 aromatic carbocycles. The first-order chi connectivity index (χ1) is 14.8. The van der Waals surface area contributed by atoms with Crippen LogP contribution >= 0.6 is 0 Å². The molecule has 2 N–H and O–H groups in total. The molecule has 0 aliphatic rings. The molecule has 0 aromatic heterocycles. The van der Waals surface area contributed by atoms with Gasteiger partial charge in [-0.1, -0.05) is 42.8 Å². The second kappa shape index (κ2) is 9.66. The number of benzene rings is 3. The van der Waals surface area contributed by atoms with Crippen molar-refractivity contribution in [2.45, 2.75) is 38.2 Å². The van der Waals surface area contributed by atoms with E-state index in [-0.39, 0.29) is 10.8 Å². The van der Waals surface area contributed by atoms with Crippen molar-refractivity contribution >= 4 is 27.3 Å². The summed E-state index contributed by atoms with van der Waals surface area (Å²) in [4.78, 5) is 12.7. The fourth-order valence-corrected chi connectivity index (χ4v) is 4.00. The van der Waals surface area contributed by atoms with Gasteiger partial charge in [0.25, 0.3) is 15.9 Å². The summed E-state index contributed by atoms with van der Waals surface area (Å²) in [5, 5.41) is 2.79. The molecule has 6 nitrogen and oxygen atoms in total. The lowest BCUT2D eigenvalue weighted by Gasteiger charge is -2.18. The number of aryl methyl sites for hydroxylation is 2. The van der Waals surface area contributed by atoms with Gasteiger partial charge in [-0.25, -0.2) is 8.42 Å². The third-order valence-electron chi connectivity index (χ3n) is 4.76. The van der Waals surface area contributed by atoms with E-state index in [2.05, 4.69) is 10.0 Å². The average Bonchev–Trinajstić information content (AvgIpc) is 2.75. The van der Waals surface area contributed by atoms with Crippen LogP contribution in [0.4, 0.5) is 11.4 Å². The molecule has 7 heteroatoms. The van der Waals surface area contributed by atoms with E-state index in [4.69, 9.17) is 4.74 Å². The molecule has 1 amide bonds. The Morgan fingerprint density at radius 3 is 2.13 bits per heavy atom. The summed E-state index contributed by atoms with van der Waals surface area (Å²) in [6.07, 6.45) is -0.166. The molecule has 1 atom stereocenters. The Labute approximate surface area is 183 Å². The molecule has 3 rings (SSSR count). The molecule has 0 spiro atoms. The summed E-state index contributed by atoms with van der Waals surface area (Å²) in [5.41, 5.74) is 2.97. The Balaban J connectivity index is 1.67. The first-order valence-electron chi connectivity index (χ1n) is 10.0. The van der Waals surface area contributed by atoms with Crippen molar-refractivity contribution < 1.29 is 17.9 Å². The minimum absolute atomic E-state index is 0.106. The Bertz CT molecular complexity index is 1140. The van der Waals surface area contributed by atoms with Gasteiger partial charge in [-0.05, 0) is 68.3 Å². The molecular weight excluding hydrogens is 412 g/mol. The smallest absolute Gasteiger partial charge is 0.265 e. The maximum Gasteiger partial charge on any atom is 0.265 e. The van der Waals surface area contributed by atoms with Gasteiger partial charge in [-0.3, -0.25) is 9.52 Å². The van der Waals surface area contributed by atoms with E-state index >= 15 is 0 Å². The molecule has 0 aliphatic carbocycles. The van der Waals surface area contributed by atoms with E-state index in [1.807, 2.05) is 57.2 Å². The number of amides is 1. The topological polar surface area (TPSA) is 84.5 Å². The Morgan fingerprint density at radius 2 is 1.52 bits per heavy atom. The third-order valence-corrected chi connectivity index (χ3v) is 6.16. The van der Waals surface area contributed by atoms with E-state index in [0.29, 0.717) is 23.5 Å². The minimum atomic E-state index is -3.73. The van der Waals surface area contributed by atoms with Crippen molar-refractivity contribution in [3.63, 3.8) is 0 Å². The highest BCUT2D eigenvalue weighted by molar-refractivity contribution is 7.92. The Hall–Kier alpha value is -3.32. The second-order valence-corrected chi connectivity index (χ2v) is 8.95. The fourth-order valence-electron chi connectivity index (χ4n) is 2.94. The average molecular weight is 439 g/mol. The van der Waals surface area contributed by atoms with Crippen LogP contribution in [0, 0.1) is 13.8 Å². The van der Waals surface area contributed by atoms with Crippen molar-refractivity contribution in [1.82, 2.24) is 0 Å². The number of nitrogens with one attached hydrogen (secondary N) is 2. The standard InChI is InChI=1S/C24H26N2O4S/c1-4-22(30-23-8-6-5-7-18(23)3)24(27)25-19-13-15-21(16-14-19)31(28,29)26-20-11-9-17(2)10-12-20/h5-16,22,26H,4H2,1-3H3,(H,25,27). The van der Waals surface area contributed by atoms with E-state index in [9.17, 15) is 13.2 Å². The predicted molar refractivity (Wildman–Crippen MR) is 123 cm³/mol. The minimum Gasteiger partial charge on any atom is -0.480 e. The zero-order valence-corrected chi connectivity index (χ0v) is 18.6. The number of sulfonamides is 1. The van der Waals surface area contributed by atoms with Gasteiger partial charge < -0.3 is 10.1 Å². The fraction of sp³-hybridized carbons (Fsp3) is 0.208. The van der Waals surface area contributed by atoms with Crippen LogP contribution in [0.15, 0.2) is 77.7 Å². The normalized spacial score (nSPS) is 12.1. The van der Waals surface area contributed by atoms with Gasteiger partial charge in [0.05, 0.1) is 4.90 Å². The van der Waals surface area contributed by atoms with Crippen LogP contribution < -0.4 is 14.8 Å². The van der Waals surface area contributed by atoms with Crippen molar-refractivity contribution in [3.05, 3.63) is 83.9 Å². The van der Waals surface area contributed by atoms with Crippen molar-refractivity contribution in [2.75, 3.05) is 10.0 Å². The molecule has 0 fully saturated rings. The van der Waals surface area contributed by atoms with Crippen LogP contribution in [-0.2, 0) is 14.8 Å². The SMILES string of the molecule is CCC(Oc1ccccc1C)C(=O)Nc1ccc(S(=O)(=O)Nc2ccc(C)cc2)cc1. The summed E-state index contributed by atoms with van der Waals surface area (Å²) in [6, 6.07) is 20.6. The number of hydrogen-bond acceptors (Lipinski definition) is 4. The molecule has 0 aliphatic heterocycles. The number of anilines is 2. The Morgan fingerprint density at radius 1 is 0.903 bits per heavy atom. The molecule has 0 bridgehead atoms. The van der Waals surface area contributed by atoms with Crippen LogP contribution in [-0.4, -0.2) is 20.4 Å². The first-order valence-corrected chi connectivity index (χ1v) is 11.5. The lowest BCUT2D eigenvalue weighted by atomic mass is 10.2. The molecule has 1 unspecified atom stereocenters. The zero-order chi connectivity index (χ0) is 22.4. The van der Waals surface area contributed by atoms with Crippen molar-refractivity contribution in [1.29, 1.82) is 0 Å². The van der Waals surface area contributed by atoms with E-state index in [1.165, 1.54) is 12.1 Å². The molecule has 0 radical (unpaired) electrons. The zero-order valence-electron chi connectivity index (χ0n) is 17.8. The van der Waals surface area contributed by atoms with Gasteiger partial charge in [0.15, 0.2) is 6.10 Å².